The molecule has 0 spiro atoms. The second-order valence-electron chi connectivity index (χ2n) is 2.88. The average Bonchev–Trinajstić information content (AvgIpc) is 2.03. The van der Waals surface area contributed by atoms with Crippen molar-refractivity contribution < 1.29 is 0 Å². The second kappa shape index (κ2) is 3.80. The molecule has 0 aliphatic rings. The van der Waals surface area contributed by atoms with Gasteiger partial charge in [-0.05, 0) is 24.1 Å². The van der Waals surface area contributed by atoms with E-state index in [0.717, 1.165) is 16.8 Å². The zero-order valence-electron chi connectivity index (χ0n) is 7.62. The van der Waals surface area contributed by atoms with E-state index in [1.54, 1.807) is 0 Å². The summed E-state index contributed by atoms with van der Waals surface area (Å²) in [5, 5.41) is 0. The normalized spacial score (nSPS) is 9.62. The van der Waals surface area contributed by atoms with Crippen LogP contribution in [0.3, 0.4) is 0 Å². The van der Waals surface area contributed by atoms with Crippen molar-refractivity contribution in [3.05, 3.63) is 29.3 Å². The van der Waals surface area contributed by atoms with Crippen molar-refractivity contribution in [2.24, 2.45) is 16.5 Å². The Bertz CT molecular complexity index is 306. The van der Waals surface area contributed by atoms with Crippen molar-refractivity contribution in [1.82, 2.24) is 0 Å². The van der Waals surface area contributed by atoms with Gasteiger partial charge in [-0.15, -0.1) is 0 Å². The van der Waals surface area contributed by atoms with Crippen LogP contribution in [0.4, 0.5) is 5.69 Å². The van der Waals surface area contributed by atoms with Gasteiger partial charge in [-0.3, -0.25) is 0 Å². The van der Waals surface area contributed by atoms with Gasteiger partial charge in [0.05, 0.1) is 6.54 Å². The van der Waals surface area contributed by atoms with Crippen LogP contribution in [0.1, 0.15) is 11.1 Å². The van der Waals surface area contributed by atoms with Gasteiger partial charge < -0.3 is 17.2 Å². The van der Waals surface area contributed by atoms with Gasteiger partial charge in [-0.25, -0.2) is 4.99 Å². The Balaban J connectivity index is 2.94. The Hall–Kier alpha value is -1.71. The molecule has 0 radical (unpaired) electrons. The number of aliphatic imine (C=N–C) groups is 1. The van der Waals surface area contributed by atoms with Crippen LogP contribution in [0.5, 0.6) is 0 Å². The molecule has 0 unspecified atom stereocenters. The third-order valence-electron chi connectivity index (χ3n) is 1.87. The minimum atomic E-state index is 0.0858. The zero-order chi connectivity index (χ0) is 9.84. The standard InChI is InChI=1S/C9H14N4/c1-6-3-2-4-8(10)7(6)5-13-9(11)12/h2-4H,5,10H2,1H3,(H4,11,12,13). The molecule has 4 nitrogen and oxygen atoms in total. The van der Waals surface area contributed by atoms with Crippen LogP contribution in [-0.4, -0.2) is 5.96 Å². The lowest BCUT2D eigenvalue weighted by atomic mass is 10.1. The summed E-state index contributed by atoms with van der Waals surface area (Å²) in [5.41, 5.74) is 19.0. The highest BCUT2D eigenvalue weighted by Gasteiger charge is 2.00. The molecule has 4 heteroatoms. The number of hydrogen-bond donors (Lipinski definition) is 3. The molecule has 1 rings (SSSR count). The summed E-state index contributed by atoms with van der Waals surface area (Å²) in [7, 11) is 0. The van der Waals surface area contributed by atoms with E-state index in [4.69, 9.17) is 17.2 Å². The van der Waals surface area contributed by atoms with Crippen LogP contribution < -0.4 is 17.2 Å². The minimum Gasteiger partial charge on any atom is -0.398 e. The number of nitrogens with two attached hydrogens (primary N) is 3. The highest BCUT2D eigenvalue weighted by atomic mass is 15.0. The number of anilines is 1. The maximum atomic E-state index is 5.76. The van der Waals surface area contributed by atoms with Crippen molar-refractivity contribution in [2.75, 3.05) is 5.73 Å². The number of rotatable bonds is 2. The third-order valence-corrected chi connectivity index (χ3v) is 1.87. The van der Waals surface area contributed by atoms with Gasteiger partial charge in [0.2, 0.25) is 0 Å². The summed E-state index contributed by atoms with van der Waals surface area (Å²) < 4.78 is 0. The van der Waals surface area contributed by atoms with Crippen LogP contribution in [0.15, 0.2) is 23.2 Å². The minimum absolute atomic E-state index is 0.0858. The Morgan fingerprint density at radius 2 is 2.08 bits per heavy atom. The average molecular weight is 178 g/mol. The first-order chi connectivity index (χ1) is 6.11. The number of aryl methyl sites for hydroxylation is 1. The van der Waals surface area contributed by atoms with E-state index in [1.807, 2.05) is 25.1 Å². The van der Waals surface area contributed by atoms with E-state index >= 15 is 0 Å². The fraction of sp³-hybridized carbons (Fsp3) is 0.222. The molecule has 0 atom stereocenters. The molecule has 13 heavy (non-hydrogen) atoms. The zero-order valence-corrected chi connectivity index (χ0v) is 7.62. The van der Waals surface area contributed by atoms with Crippen LogP contribution >= 0.6 is 0 Å². The molecule has 0 amide bonds. The van der Waals surface area contributed by atoms with Crippen molar-refractivity contribution in [3.63, 3.8) is 0 Å². The molecule has 6 N–H and O–H groups in total. The van der Waals surface area contributed by atoms with Gasteiger partial charge in [0.25, 0.3) is 0 Å². The molecular weight excluding hydrogens is 164 g/mol. The molecule has 0 aromatic heterocycles. The summed E-state index contributed by atoms with van der Waals surface area (Å²) >= 11 is 0. The molecule has 0 saturated heterocycles. The van der Waals surface area contributed by atoms with Crippen molar-refractivity contribution in [3.8, 4) is 0 Å². The molecule has 0 aliphatic carbocycles. The molecule has 1 aromatic rings. The fourth-order valence-electron chi connectivity index (χ4n) is 1.11. The van der Waals surface area contributed by atoms with E-state index < -0.39 is 0 Å². The second-order valence-corrected chi connectivity index (χ2v) is 2.88. The fourth-order valence-corrected chi connectivity index (χ4v) is 1.11. The van der Waals surface area contributed by atoms with E-state index in [-0.39, 0.29) is 5.96 Å². The molecular formula is C9H14N4. The van der Waals surface area contributed by atoms with Gasteiger partial charge in [-0.1, -0.05) is 12.1 Å². The SMILES string of the molecule is Cc1cccc(N)c1CN=C(N)N. The molecule has 1 aromatic carbocycles. The molecule has 70 valence electrons. The first kappa shape index (κ1) is 9.38. The summed E-state index contributed by atoms with van der Waals surface area (Å²) in [6, 6.07) is 5.72. The van der Waals surface area contributed by atoms with Crippen LogP contribution in [0.25, 0.3) is 0 Å². The van der Waals surface area contributed by atoms with Crippen molar-refractivity contribution >= 4 is 11.6 Å². The largest absolute Gasteiger partial charge is 0.398 e. The van der Waals surface area contributed by atoms with Gasteiger partial charge in [0.1, 0.15) is 0 Å². The predicted octanol–water partition coefficient (Wildman–Crippen LogP) is 0.351. The Kier molecular flexibility index (Phi) is 2.74. The van der Waals surface area contributed by atoms with Gasteiger partial charge >= 0.3 is 0 Å². The van der Waals surface area contributed by atoms with Gasteiger partial charge in [0.15, 0.2) is 5.96 Å². The van der Waals surface area contributed by atoms with Gasteiger partial charge in [-0.2, -0.15) is 0 Å². The number of benzene rings is 1. The molecule has 0 fully saturated rings. The topological polar surface area (TPSA) is 90.4 Å². The number of nitrogen functional groups attached to an aromatic ring is 1. The Labute approximate surface area is 77.4 Å². The van der Waals surface area contributed by atoms with Gasteiger partial charge in [0, 0.05) is 5.69 Å². The monoisotopic (exact) mass is 178 g/mol. The lowest BCUT2D eigenvalue weighted by molar-refractivity contribution is 1.04. The quantitative estimate of drug-likeness (QED) is 0.347. The van der Waals surface area contributed by atoms with E-state index in [9.17, 15) is 0 Å². The summed E-state index contributed by atoms with van der Waals surface area (Å²) in [6.45, 7) is 2.43. The molecule has 0 bridgehead atoms. The predicted molar refractivity (Wildman–Crippen MR) is 55.1 cm³/mol. The number of hydrogen-bond acceptors (Lipinski definition) is 2. The highest BCUT2D eigenvalue weighted by molar-refractivity contribution is 5.75. The Morgan fingerprint density at radius 3 is 2.62 bits per heavy atom. The van der Waals surface area contributed by atoms with Crippen molar-refractivity contribution in [2.45, 2.75) is 13.5 Å². The lowest BCUT2D eigenvalue weighted by Crippen LogP contribution is -2.22. The van der Waals surface area contributed by atoms with E-state index in [2.05, 4.69) is 4.99 Å². The smallest absolute Gasteiger partial charge is 0.186 e. The number of nitrogens with zero attached hydrogens (tertiary/aromatic N) is 1. The first-order valence-corrected chi connectivity index (χ1v) is 4.00. The molecule has 0 aliphatic heterocycles. The van der Waals surface area contributed by atoms with Crippen LogP contribution in [-0.2, 0) is 6.54 Å². The van der Waals surface area contributed by atoms with Crippen molar-refractivity contribution in [1.29, 1.82) is 0 Å². The number of guanidine groups is 1. The maximum Gasteiger partial charge on any atom is 0.186 e. The van der Waals surface area contributed by atoms with E-state index in [1.165, 1.54) is 0 Å². The summed E-state index contributed by atoms with van der Waals surface area (Å²) in [4.78, 5) is 3.91. The highest BCUT2D eigenvalue weighted by Crippen LogP contribution is 2.16. The maximum absolute atomic E-state index is 5.76. The summed E-state index contributed by atoms with van der Waals surface area (Å²) in [6.07, 6.45) is 0. The lowest BCUT2D eigenvalue weighted by Gasteiger charge is -2.05. The summed E-state index contributed by atoms with van der Waals surface area (Å²) in [5.74, 6) is 0.0858. The van der Waals surface area contributed by atoms with Crippen LogP contribution in [0.2, 0.25) is 0 Å². The third kappa shape index (κ3) is 2.37. The Morgan fingerprint density at radius 1 is 1.38 bits per heavy atom. The van der Waals surface area contributed by atoms with E-state index in [0.29, 0.717) is 6.54 Å². The first-order valence-electron chi connectivity index (χ1n) is 4.00. The van der Waals surface area contributed by atoms with Crippen LogP contribution in [0, 0.1) is 6.92 Å². The molecule has 0 heterocycles. The molecule has 0 saturated carbocycles.